The van der Waals surface area contributed by atoms with Gasteiger partial charge in [-0.25, -0.2) is 0 Å². The lowest BCUT2D eigenvalue weighted by Crippen LogP contribution is -2.10. The molecule has 3 aromatic rings. The van der Waals surface area contributed by atoms with Crippen molar-refractivity contribution in [1.29, 1.82) is 10.5 Å². The smallest absolute Gasteiger partial charge is 0.267 e. The minimum atomic E-state index is -0.320. The number of fused-ring (bicyclic) bond motifs is 1. The van der Waals surface area contributed by atoms with Crippen molar-refractivity contribution in [1.82, 2.24) is 0 Å². The lowest BCUT2D eigenvalue weighted by molar-refractivity contribution is 0.103. The van der Waals surface area contributed by atoms with Crippen molar-refractivity contribution in [2.45, 2.75) is 0 Å². The molecule has 1 heterocycles. The monoisotopic (exact) mass is 337 g/mol. The van der Waals surface area contributed by atoms with Gasteiger partial charge >= 0.3 is 0 Å². The molecule has 1 N–H and O–H groups in total. The highest BCUT2D eigenvalue weighted by Crippen LogP contribution is 2.36. The zero-order valence-electron chi connectivity index (χ0n) is 11.6. The number of benzene rings is 2. The van der Waals surface area contributed by atoms with E-state index in [2.05, 4.69) is 11.4 Å². The Hall–Kier alpha value is -2.86. The van der Waals surface area contributed by atoms with Crippen molar-refractivity contribution in [3.8, 4) is 12.1 Å². The Morgan fingerprint density at radius 2 is 1.70 bits per heavy atom. The Labute approximate surface area is 141 Å². The summed E-state index contributed by atoms with van der Waals surface area (Å²) in [6.07, 6.45) is 0. The lowest BCUT2D eigenvalue weighted by atomic mass is 10.2. The Morgan fingerprint density at radius 3 is 2.35 bits per heavy atom. The van der Waals surface area contributed by atoms with Gasteiger partial charge in [0.05, 0.1) is 28.3 Å². The highest BCUT2D eigenvalue weighted by molar-refractivity contribution is 7.21. The maximum Gasteiger partial charge on any atom is 0.267 e. The lowest BCUT2D eigenvalue weighted by Gasteiger charge is -2.03. The van der Waals surface area contributed by atoms with Crippen molar-refractivity contribution in [2.24, 2.45) is 0 Å². The van der Waals surface area contributed by atoms with Gasteiger partial charge in [0.15, 0.2) is 0 Å². The van der Waals surface area contributed by atoms with Crippen LogP contribution in [0.15, 0.2) is 42.5 Å². The van der Waals surface area contributed by atoms with Crippen LogP contribution in [0.3, 0.4) is 0 Å². The van der Waals surface area contributed by atoms with E-state index < -0.39 is 0 Å². The minimum absolute atomic E-state index is 0.320. The average molecular weight is 338 g/mol. The molecular formula is C17H8ClN3OS. The van der Waals surface area contributed by atoms with Gasteiger partial charge in [0, 0.05) is 15.8 Å². The minimum Gasteiger partial charge on any atom is -0.321 e. The van der Waals surface area contributed by atoms with Crippen LogP contribution in [0.4, 0.5) is 5.69 Å². The fourth-order valence-corrected chi connectivity index (χ4v) is 3.55. The van der Waals surface area contributed by atoms with Gasteiger partial charge in [-0.2, -0.15) is 10.5 Å². The third kappa shape index (κ3) is 2.89. The van der Waals surface area contributed by atoms with Gasteiger partial charge in [-0.05, 0) is 36.4 Å². The zero-order valence-corrected chi connectivity index (χ0v) is 13.2. The number of rotatable bonds is 2. The van der Waals surface area contributed by atoms with Crippen LogP contribution in [-0.2, 0) is 0 Å². The van der Waals surface area contributed by atoms with Crippen LogP contribution in [0.1, 0.15) is 20.8 Å². The second-order valence-corrected chi connectivity index (χ2v) is 6.14. The van der Waals surface area contributed by atoms with E-state index in [0.717, 1.165) is 10.1 Å². The predicted octanol–water partition coefficient (Wildman–Crippen LogP) is 4.55. The number of nitrogens with zero attached hydrogens (tertiary/aromatic N) is 2. The van der Waals surface area contributed by atoms with E-state index in [-0.39, 0.29) is 5.91 Å². The molecule has 0 radical (unpaired) electrons. The van der Waals surface area contributed by atoms with E-state index in [9.17, 15) is 4.79 Å². The maximum atomic E-state index is 12.4. The van der Waals surface area contributed by atoms with E-state index in [1.165, 1.54) is 11.3 Å². The summed E-state index contributed by atoms with van der Waals surface area (Å²) in [6, 6.07) is 15.8. The summed E-state index contributed by atoms with van der Waals surface area (Å²) in [5.74, 6) is -0.320. The van der Waals surface area contributed by atoms with Crippen molar-refractivity contribution < 1.29 is 4.79 Å². The number of nitriles is 2. The SMILES string of the molecule is N#Cc1ccc(NC(=O)c2sc3cc(C#N)ccc3c2Cl)cc1. The number of thiophene rings is 1. The van der Waals surface area contributed by atoms with Crippen LogP contribution in [0.5, 0.6) is 0 Å². The Bertz CT molecular complexity index is 994. The second-order valence-electron chi connectivity index (χ2n) is 4.71. The summed E-state index contributed by atoms with van der Waals surface area (Å²) in [5.41, 5.74) is 1.63. The molecule has 0 aliphatic carbocycles. The molecule has 0 bridgehead atoms. The maximum absolute atomic E-state index is 12.4. The number of amides is 1. The number of carbonyl (C=O) groups excluding carboxylic acids is 1. The molecule has 0 saturated carbocycles. The molecule has 0 saturated heterocycles. The van der Waals surface area contributed by atoms with Gasteiger partial charge in [-0.3, -0.25) is 4.79 Å². The Morgan fingerprint density at radius 1 is 1.04 bits per heavy atom. The van der Waals surface area contributed by atoms with E-state index in [1.54, 1.807) is 42.5 Å². The molecule has 23 heavy (non-hydrogen) atoms. The number of hydrogen-bond donors (Lipinski definition) is 1. The number of anilines is 1. The predicted molar refractivity (Wildman–Crippen MR) is 90.7 cm³/mol. The molecule has 0 aliphatic heterocycles. The molecule has 110 valence electrons. The molecule has 0 atom stereocenters. The fraction of sp³-hybridized carbons (Fsp3) is 0. The third-order valence-corrected chi connectivity index (χ3v) is 4.89. The first-order chi connectivity index (χ1) is 11.1. The highest BCUT2D eigenvalue weighted by atomic mass is 35.5. The van der Waals surface area contributed by atoms with E-state index in [4.69, 9.17) is 22.1 Å². The fourth-order valence-electron chi connectivity index (χ4n) is 2.10. The van der Waals surface area contributed by atoms with Gasteiger partial charge in [-0.15, -0.1) is 11.3 Å². The molecule has 1 amide bonds. The Balaban J connectivity index is 1.92. The summed E-state index contributed by atoms with van der Waals surface area (Å²) in [7, 11) is 0. The normalized spacial score (nSPS) is 10.0. The number of hydrogen-bond acceptors (Lipinski definition) is 4. The van der Waals surface area contributed by atoms with E-state index in [1.807, 2.05) is 6.07 Å². The van der Waals surface area contributed by atoms with Gasteiger partial charge in [-0.1, -0.05) is 17.7 Å². The third-order valence-electron chi connectivity index (χ3n) is 3.24. The van der Waals surface area contributed by atoms with Gasteiger partial charge in [0.2, 0.25) is 0 Å². The van der Waals surface area contributed by atoms with Crippen LogP contribution in [0.2, 0.25) is 5.02 Å². The van der Waals surface area contributed by atoms with Gasteiger partial charge < -0.3 is 5.32 Å². The molecule has 0 unspecified atom stereocenters. The molecule has 0 spiro atoms. The van der Waals surface area contributed by atoms with E-state index in [0.29, 0.717) is 26.7 Å². The van der Waals surface area contributed by atoms with Crippen LogP contribution < -0.4 is 5.32 Å². The van der Waals surface area contributed by atoms with Crippen LogP contribution >= 0.6 is 22.9 Å². The topological polar surface area (TPSA) is 76.7 Å². The number of halogens is 1. The molecule has 3 rings (SSSR count). The molecular weight excluding hydrogens is 330 g/mol. The molecule has 4 nitrogen and oxygen atoms in total. The van der Waals surface area contributed by atoms with Crippen molar-refractivity contribution in [3.63, 3.8) is 0 Å². The highest BCUT2D eigenvalue weighted by Gasteiger charge is 2.17. The first-order valence-electron chi connectivity index (χ1n) is 6.56. The molecule has 1 aromatic heterocycles. The Kier molecular flexibility index (Phi) is 3.99. The summed E-state index contributed by atoms with van der Waals surface area (Å²) in [4.78, 5) is 12.8. The largest absolute Gasteiger partial charge is 0.321 e. The average Bonchev–Trinajstić information content (AvgIpc) is 2.92. The summed E-state index contributed by atoms with van der Waals surface area (Å²) in [6.45, 7) is 0. The van der Waals surface area contributed by atoms with E-state index >= 15 is 0 Å². The summed E-state index contributed by atoms with van der Waals surface area (Å²) < 4.78 is 0.791. The van der Waals surface area contributed by atoms with Crippen LogP contribution in [0.25, 0.3) is 10.1 Å². The second kappa shape index (κ2) is 6.10. The molecule has 2 aromatic carbocycles. The summed E-state index contributed by atoms with van der Waals surface area (Å²) >= 11 is 7.53. The molecule has 0 aliphatic rings. The first-order valence-corrected chi connectivity index (χ1v) is 7.75. The molecule has 0 fully saturated rings. The zero-order chi connectivity index (χ0) is 16.4. The van der Waals surface area contributed by atoms with Gasteiger partial charge in [0.25, 0.3) is 5.91 Å². The first kappa shape index (κ1) is 15.1. The number of nitrogens with one attached hydrogen (secondary N) is 1. The quantitative estimate of drug-likeness (QED) is 0.745. The van der Waals surface area contributed by atoms with Crippen LogP contribution in [-0.4, -0.2) is 5.91 Å². The van der Waals surface area contributed by atoms with Crippen molar-refractivity contribution >= 4 is 44.6 Å². The molecule has 6 heteroatoms. The van der Waals surface area contributed by atoms with Crippen molar-refractivity contribution in [2.75, 3.05) is 5.32 Å². The summed E-state index contributed by atoms with van der Waals surface area (Å²) in [5, 5.41) is 21.6. The standard InChI is InChI=1S/C17H8ClN3OS/c18-15-13-6-3-11(9-20)7-14(13)23-16(15)17(22)21-12-4-1-10(8-19)2-5-12/h1-7H,(H,21,22). The van der Waals surface area contributed by atoms with Crippen molar-refractivity contribution in [3.05, 3.63) is 63.5 Å². The number of carbonyl (C=O) groups is 1. The van der Waals surface area contributed by atoms with Gasteiger partial charge in [0.1, 0.15) is 4.88 Å². The van der Waals surface area contributed by atoms with Crippen LogP contribution in [0, 0.1) is 22.7 Å².